The number of hydrogen-bond donors (Lipinski definition) is 4. The molecule has 3 rings (SSSR count). The number of alkyl halides is 1. The number of halogens is 1. The number of nitrogens with one attached hydrogen (secondary N) is 2. The summed E-state index contributed by atoms with van der Waals surface area (Å²) in [4.78, 5) is 54.5. The predicted molar refractivity (Wildman–Crippen MR) is 155 cm³/mol. The fraction of sp³-hybridized carbons (Fsp3) is 0.464. The predicted octanol–water partition coefficient (Wildman–Crippen LogP) is 2.88. The lowest BCUT2D eigenvalue weighted by molar-refractivity contribution is -0.155. The van der Waals surface area contributed by atoms with Crippen LogP contribution in [0.2, 0.25) is 0 Å². The minimum atomic E-state index is -2.13. The molecule has 0 unspecified atom stereocenters. The van der Waals surface area contributed by atoms with Crippen LogP contribution in [0.3, 0.4) is 0 Å². The Balaban J connectivity index is 1.77. The van der Waals surface area contributed by atoms with Crippen molar-refractivity contribution < 1.29 is 28.2 Å². The van der Waals surface area contributed by atoms with Crippen LogP contribution in [0.5, 0.6) is 0 Å². The number of nitrogen functional groups attached to an aromatic ring is 2. The van der Waals surface area contributed by atoms with Crippen LogP contribution in [-0.2, 0) is 32.0 Å². The van der Waals surface area contributed by atoms with E-state index in [0.717, 1.165) is 17.7 Å². The first-order valence-corrected chi connectivity index (χ1v) is 13.6. The Morgan fingerprint density at radius 2 is 1.69 bits per heavy atom. The highest BCUT2D eigenvalue weighted by atomic mass is 19.1. The van der Waals surface area contributed by atoms with Gasteiger partial charge in [0.15, 0.2) is 23.2 Å². The molecule has 2 heterocycles. The molecule has 3 aromatic rings. The van der Waals surface area contributed by atoms with E-state index >= 15 is 0 Å². The van der Waals surface area contributed by atoms with Gasteiger partial charge in [0.25, 0.3) is 5.91 Å². The minimum absolute atomic E-state index is 0.00906. The number of anilines is 3. The first-order valence-electron chi connectivity index (χ1n) is 13.6. The number of hydrogen-bond acceptors (Lipinski definition) is 12. The van der Waals surface area contributed by atoms with Gasteiger partial charge in [-0.05, 0) is 57.9 Å². The minimum Gasteiger partial charge on any atom is -0.461 e. The molecule has 0 saturated carbocycles. The third kappa shape index (κ3) is 8.69. The van der Waals surface area contributed by atoms with Crippen LogP contribution >= 0.6 is 0 Å². The second kappa shape index (κ2) is 14.3. The number of benzene rings is 1. The number of carbonyl (C=O) groups excluding carboxylic acids is 3. The molecule has 0 fully saturated rings. The highest BCUT2D eigenvalue weighted by Gasteiger charge is 2.32. The van der Waals surface area contributed by atoms with Crippen molar-refractivity contribution in [3.63, 3.8) is 0 Å². The molecule has 0 aliphatic rings. The second-order valence-electron chi connectivity index (χ2n) is 10.2. The van der Waals surface area contributed by atoms with E-state index in [1.54, 1.807) is 52.1 Å². The van der Waals surface area contributed by atoms with Gasteiger partial charge in [0.2, 0.25) is 5.95 Å². The van der Waals surface area contributed by atoms with Crippen LogP contribution < -0.4 is 22.1 Å². The summed E-state index contributed by atoms with van der Waals surface area (Å²) >= 11 is 0. The van der Waals surface area contributed by atoms with Crippen molar-refractivity contribution in [2.45, 2.75) is 84.8 Å². The van der Waals surface area contributed by atoms with E-state index in [0.29, 0.717) is 24.2 Å². The van der Waals surface area contributed by atoms with E-state index in [4.69, 9.17) is 20.9 Å². The van der Waals surface area contributed by atoms with Crippen LogP contribution in [0.25, 0.3) is 11.2 Å². The number of amides is 1. The monoisotopic (exact) mass is 584 g/mol. The Morgan fingerprint density at radius 1 is 1.00 bits per heavy atom. The third-order valence-corrected chi connectivity index (χ3v) is 5.84. The molecule has 0 saturated heterocycles. The summed E-state index contributed by atoms with van der Waals surface area (Å²) < 4.78 is 24.7. The smallest absolute Gasteiger partial charge is 0.341 e. The van der Waals surface area contributed by atoms with Gasteiger partial charge in [-0.2, -0.15) is 9.97 Å². The highest BCUT2D eigenvalue weighted by Crippen LogP contribution is 2.22. The molecule has 6 N–H and O–H groups in total. The Labute approximate surface area is 243 Å². The summed E-state index contributed by atoms with van der Waals surface area (Å²) in [6.07, 6.45) is -0.816. The maximum atomic E-state index is 14.7. The van der Waals surface area contributed by atoms with E-state index in [-0.39, 0.29) is 23.0 Å². The zero-order valence-corrected chi connectivity index (χ0v) is 24.3. The maximum Gasteiger partial charge on any atom is 0.341 e. The molecule has 0 spiro atoms. The summed E-state index contributed by atoms with van der Waals surface area (Å²) in [6, 6.07) is 3.58. The lowest BCUT2D eigenvalue weighted by atomic mass is 10.0. The normalized spacial score (nSPS) is 12.7. The lowest BCUT2D eigenvalue weighted by Gasteiger charge is -2.21. The Bertz CT molecular complexity index is 1430. The summed E-state index contributed by atoms with van der Waals surface area (Å²) in [7, 11) is 0. The average Bonchev–Trinajstić information content (AvgIpc) is 2.91. The fourth-order valence-corrected chi connectivity index (χ4v) is 4.02. The molecular weight excluding hydrogens is 547 g/mol. The number of carbonyl (C=O) groups is 3. The number of aromatic nitrogens is 4. The van der Waals surface area contributed by atoms with Crippen LogP contribution in [0.1, 0.15) is 69.1 Å². The molecule has 42 heavy (non-hydrogen) atoms. The van der Waals surface area contributed by atoms with Gasteiger partial charge >= 0.3 is 11.9 Å². The van der Waals surface area contributed by atoms with E-state index < -0.39 is 48.7 Å². The Hall–Kier alpha value is -4.62. The lowest BCUT2D eigenvalue weighted by Crippen LogP contribution is -2.45. The molecule has 2 atom stereocenters. The number of aryl methyl sites for hydroxylation is 1. The zero-order valence-electron chi connectivity index (χ0n) is 24.3. The summed E-state index contributed by atoms with van der Waals surface area (Å²) in [5.74, 6) is -2.45. The van der Waals surface area contributed by atoms with Gasteiger partial charge in [-0.25, -0.2) is 23.9 Å². The van der Waals surface area contributed by atoms with Crippen molar-refractivity contribution in [1.82, 2.24) is 25.3 Å². The van der Waals surface area contributed by atoms with Gasteiger partial charge in [-0.15, -0.1) is 0 Å². The largest absolute Gasteiger partial charge is 0.461 e. The van der Waals surface area contributed by atoms with Crippen molar-refractivity contribution in [3.05, 3.63) is 41.2 Å². The van der Waals surface area contributed by atoms with E-state index in [1.165, 1.54) is 0 Å². The van der Waals surface area contributed by atoms with Crippen LogP contribution in [-0.4, -0.2) is 62.2 Å². The molecule has 0 aliphatic heterocycles. The number of fused-ring (bicyclic) bond motifs is 1. The van der Waals surface area contributed by atoms with Gasteiger partial charge in [0.1, 0.15) is 6.04 Å². The molecular formula is C28H37FN8O5. The molecule has 1 amide bonds. The highest BCUT2D eigenvalue weighted by molar-refractivity contribution is 5.97. The van der Waals surface area contributed by atoms with Crippen molar-refractivity contribution in [3.8, 4) is 0 Å². The quantitative estimate of drug-likeness (QED) is 0.215. The van der Waals surface area contributed by atoms with Gasteiger partial charge in [0.05, 0.1) is 30.6 Å². The SMILES string of the molecule is CCCc1cc(C(=O)N[C@@H](C[C@@H](F)C(=O)OC(C)C)C(=O)OC(C)C)ccc1NCc1cnc2nc(N)nc(N)c2n1. The van der Waals surface area contributed by atoms with E-state index in [2.05, 4.69) is 30.6 Å². The first kappa shape index (κ1) is 31.9. The summed E-state index contributed by atoms with van der Waals surface area (Å²) in [6.45, 7) is 8.71. The Kier molecular flexibility index (Phi) is 10.9. The van der Waals surface area contributed by atoms with Crippen molar-refractivity contribution >= 4 is 46.5 Å². The average molecular weight is 585 g/mol. The van der Waals surface area contributed by atoms with Crippen LogP contribution in [0.15, 0.2) is 24.4 Å². The van der Waals surface area contributed by atoms with E-state index in [9.17, 15) is 18.8 Å². The van der Waals surface area contributed by atoms with Gasteiger partial charge in [0, 0.05) is 17.7 Å². The fourth-order valence-electron chi connectivity index (χ4n) is 4.02. The third-order valence-electron chi connectivity index (χ3n) is 5.84. The molecule has 0 bridgehead atoms. The number of esters is 2. The van der Waals surface area contributed by atoms with E-state index in [1.807, 2.05) is 6.92 Å². The van der Waals surface area contributed by atoms with Gasteiger partial charge in [-0.1, -0.05) is 13.3 Å². The molecule has 226 valence electrons. The van der Waals surface area contributed by atoms with Crippen molar-refractivity contribution in [1.29, 1.82) is 0 Å². The van der Waals surface area contributed by atoms with Crippen molar-refractivity contribution in [2.75, 3.05) is 16.8 Å². The standard InChI is InChI=1S/C28H37FN8O5/c1-6-7-16-10-17(25(38)35-21(27(40)42-15(4)5)11-19(29)26(39)41-14(2)3)8-9-20(16)32-12-18-13-33-24-22(34-18)23(30)36-28(31)37-24/h8-10,13-15,19,21,32H,6-7,11-12H2,1-5H3,(H,35,38)(H4,30,31,33,36,37)/t19-,21+/m1/s1. The van der Waals surface area contributed by atoms with Crippen LogP contribution in [0, 0.1) is 0 Å². The number of ether oxygens (including phenoxy) is 2. The molecule has 0 radical (unpaired) electrons. The van der Waals surface area contributed by atoms with Gasteiger partial charge < -0.3 is 31.6 Å². The summed E-state index contributed by atoms with van der Waals surface area (Å²) in [5, 5.41) is 5.81. The first-order chi connectivity index (χ1) is 19.9. The number of rotatable bonds is 13. The topological polar surface area (TPSA) is 197 Å². The Morgan fingerprint density at radius 3 is 2.36 bits per heavy atom. The number of nitrogens with zero attached hydrogens (tertiary/aromatic N) is 4. The summed E-state index contributed by atoms with van der Waals surface area (Å²) in [5.41, 5.74) is 14.6. The van der Waals surface area contributed by atoms with Crippen molar-refractivity contribution in [2.24, 2.45) is 0 Å². The van der Waals surface area contributed by atoms with Crippen LogP contribution in [0.4, 0.5) is 21.8 Å². The maximum absolute atomic E-state index is 14.7. The second-order valence-corrected chi connectivity index (χ2v) is 10.2. The molecule has 0 aliphatic carbocycles. The van der Waals surface area contributed by atoms with Gasteiger partial charge in [-0.3, -0.25) is 4.79 Å². The molecule has 14 heteroatoms. The zero-order chi connectivity index (χ0) is 31.0. The molecule has 2 aromatic heterocycles. The molecule has 1 aromatic carbocycles. The number of nitrogens with two attached hydrogens (primary N) is 2. The molecule has 13 nitrogen and oxygen atoms in total.